The molecule has 0 aliphatic heterocycles. The number of carbonyl (C=O) groups is 2. The lowest BCUT2D eigenvalue weighted by molar-refractivity contribution is -0.763. The van der Waals surface area contributed by atoms with E-state index in [0.717, 1.165) is 0 Å². The molecule has 0 spiro atoms. The van der Waals surface area contributed by atoms with Crippen LogP contribution in [0.5, 0.6) is 5.75 Å². The van der Waals surface area contributed by atoms with Gasteiger partial charge in [-0.15, -0.1) is 10.1 Å². The molecular weight excluding hydrogens is 218 g/mol. The molecule has 0 fully saturated rings. The molecule has 0 saturated heterocycles. The van der Waals surface area contributed by atoms with Gasteiger partial charge in [-0.2, -0.15) is 0 Å². The number of rotatable bonds is 5. The van der Waals surface area contributed by atoms with Gasteiger partial charge in [0, 0.05) is 0 Å². The fraction of sp³-hybridized carbons (Fsp3) is 0.111. The van der Waals surface area contributed by atoms with Crippen molar-refractivity contribution in [3.63, 3.8) is 0 Å². The Morgan fingerprint density at radius 2 is 2.00 bits per heavy atom. The largest absolute Gasteiger partial charge is 0.421 e. The third-order valence-electron chi connectivity index (χ3n) is 1.57. The van der Waals surface area contributed by atoms with E-state index in [4.69, 9.17) is 0 Å². The molecule has 7 heteroatoms. The molecule has 16 heavy (non-hydrogen) atoms. The first-order chi connectivity index (χ1) is 7.61. The number of benzene rings is 1. The number of nitrogens with zero attached hydrogens (tertiary/aromatic N) is 1. The van der Waals surface area contributed by atoms with Crippen LogP contribution in [0.25, 0.3) is 0 Å². The van der Waals surface area contributed by atoms with E-state index in [-0.39, 0.29) is 18.6 Å². The minimum Gasteiger partial charge on any atom is -0.421 e. The van der Waals surface area contributed by atoms with Gasteiger partial charge in [0.05, 0.1) is 0 Å². The van der Waals surface area contributed by atoms with Gasteiger partial charge in [-0.3, -0.25) is 4.79 Å². The van der Waals surface area contributed by atoms with Crippen LogP contribution in [-0.4, -0.2) is 17.3 Å². The molecule has 0 amide bonds. The van der Waals surface area contributed by atoms with E-state index < -0.39 is 11.1 Å². The number of hydrogen-bond donors (Lipinski definition) is 0. The quantitative estimate of drug-likeness (QED) is 0.181. The summed E-state index contributed by atoms with van der Waals surface area (Å²) in [7, 11) is 0. The maximum absolute atomic E-state index is 10.6. The molecule has 0 bridgehead atoms. The Morgan fingerprint density at radius 3 is 2.50 bits per heavy atom. The fourth-order valence-electron chi connectivity index (χ4n) is 0.921. The number of esters is 1. The highest BCUT2D eigenvalue weighted by Gasteiger charge is 2.02. The van der Waals surface area contributed by atoms with E-state index in [1.807, 2.05) is 0 Å². The van der Waals surface area contributed by atoms with Crippen LogP contribution in [0.4, 0.5) is 0 Å². The highest BCUT2D eigenvalue weighted by molar-refractivity contribution is 6.21. The summed E-state index contributed by atoms with van der Waals surface area (Å²) in [6, 6.07) is 5.77. The van der Waals surface area contributed by atoms with E-state index in [9.17, 15) is 19.7 Å². The average molecular weight is 225 g/mol. The number of ether oxygens (including phenoxy) is 1. The van der Waals surface area contributed by atoms with Crippen LogP contribution in [0, 0.1) is 10.1 Å². The predicted molar refractivity (Wildman–Crippen MR) is 49.9 cm³/mol. The Bertz CT molecular complexity index is 399. The van der Waals surface area contributed by atoms with Gasteiger partial charge in [-0.25, -0.2) is 4.79 Å². The van der Waals surface area contributed by atoms with Crippen molar-refractivity contribution in [2.75, 3.05) is 0 Å². The molecule has 0 aliphatic carbocycles. The average Bonchev–Trinajstić information content (AvgIpc) is 2.28. The fourth-order valence-corrected chi connectivity index (χ4v) is 0.921. The van der Waals surface area contributed by atoms with E-state index in [1.165, 1.54) is 24.3 Å². The SMILES string of the molecule is O=CC(=O)Oc1ccc(CO[N+](=O)[O-])cc1. The standard InChI is InChI=1S/C9H7NO6/c11-5-9(12)16-8-3-1-7(2-4-8)6-15-10(13)14/h1-5H,6H2. The normalized spacial score (nSPS) is 9.25. The molecule has 0 aliphatic rings. The van der Waals surface area contributed by atoms with Crippen molar-refractivity contribution in [3.8, 4) is 5.75 Å². The minimum absolute atomic E-state index is 0.0454. The smallest absolute Gasteiger partial charge is 0.376 e. The molecule has 0 aromatic heterocycles. The molecule has 0 unspecified atom stereocenters. The van der Waals surface area contributed by atoms with E-state index in [0.29, 0.717) is 5.56 Å². The molecular formula is C9H7NO6. The van der Waals surface area contributed by atoms with Gasteiger partial charge in [0.15, 0.2) is 0 Å². The van der Waals surface area contributed by atoms with E-state index in [2.05, 4.69) is 9.57 Å². The molecule has 1 aromatic carbocycles. The number of hydrogen-bond acceptors (Lipinski definition) is 6. The Balaban J connectivity index is 2.57. The van der Waals surface area contributed by atoms with Gasteiger partial charge in [-0.05, 0) is 17.7 Å². The second-order valence-electron chi connectivity index (χ2n) is 2.68. The summed E-state index contributed by atoms with van der Waals surface area (Å²) in [5.74, 6) is -0.823. The third-order valence-corrected chi connectivity index (χ3v) is 1.57. The van der Waals surface area contributed by atoms with Crippen molar-refractivity contribution in [3.05, 3.63) is 39.9 Å². The van der Waals surface area contributed by atoms with Crippen molar-refractivity contribution in [1.82, 2.24) is 0 Å². The van der Waals surface area contributed by atoms with Crippen LogP contribution in [-0.2, 0) is 21.0 Å². The number of carbonyl (C=O) groups excluding carboxylic acids is 2. The Kier molecular flexibility index (Phi) is 3.96. The second-order valence-corrected chi connectivity index (χ2v) is 2.68. The predicted octanol–water partition coefficient (Wildman–Crippen LogP) is 0.499. The lowest BCUT2D eigenvalue weighted by atomic mass is 10.2. The summed E-state index contributed by atoms with van der Waals surface area (Å²) >= 11 is 0. The van der Waals surface area contributed by atoms with Crippen LogP contribution in [0.15, 0.2) is 24.3 Å². The van der Waals surface area contributed by atoms with Crippen molar-refractivity contribution >= 4 is 12.3 Å². The molecule has 1 aromatic rings. The molecule has 7 nitrogen and oxygen atoms in total. The first-order valence-electron chi connectivity index (χ1n) is 4.15. The molecule has 0 heterocycles. The van der Waals surface area contributed by atoms with Crippen LogP contribution in [0.3, 0.4) is 0 Å². The topological polar surface area (TPSA) is 95.7 Å². The van der Waals surface area contributed by atoms with Gasteiger partial charge < -0.3 is 9.57 Å². The Labute approximate surface area is 89.7 Å². The molecule has 84 valence electrons. The van der Waals surface area contributed by atoms with E-state index >= 15 is 0 Å². The Hall–Kier alpha value is -2.44. The monoisotopic (exact) mass is 225 g/mol. The summed E-state index contributed by atoms with van der Waals surface area (Å²) in [5.41, 5.74) is 0.544. The van der Waals surface area contributed by atoms with Crippen molar-refractivity contribution in [1.29, 1.82) is 0 Å². The first kappa shape index (κ1) is 11.6. The summed E-state index contributed by atoms with van der Waals surface area (Å²) in [4.78, 5) is 34.6. The van der Waals surface area contributed by atoms with Gasteiger partial charge in [0.1, 0.15) is 12.4 Å². The zero-order valence-corrected chi connectivity index (χ0v) is 7.99. The minimum atomic E-state index is -1.01. The first-order valence-corrected chi connectivity index (χ1v) is 4.15. The number of aldehydes is 1. The molecule has 1 rings (SSSR count). The zero-order chi connectivity index (χ0) is 12.0. The third kappa shape index (κ3) is 3.74. The maximum atomic E-state index is 10.6. The highest BCUT2D eigenvalue weighted by Crippen LogP contribution is 2.12. The Morgan fingerprint density at radius 1 is 1.38 bits per heavy atom. The van der Waals surface area contributed by atoms with Gasteiger partial charge >= 0.3 is 5.97 Å². The molecule has 0 saturated carbocycles. The summed E-state index contributed by atoms with van der Waals surface area (Å²) < 4.78 is 4.56. The van der Waals surface area contributed by atoms with Crippen LogP contribution in [0.1, 0.15) is 5.56 Å². The lowest BCUT2D eigenvalue weighted by Crippen LogP contribution is -2.08. The van der Waals surface area contributed by atoms with Crippen molar-refractivity contribution in [2.45, 2.75) is 6.61 Å². The summed E-state index contributed by atoms with van der Waals surface area (Å²) in [6.07, 6.45) is 0.0454. The van der Waals surface area contributed by atoms with Crippen molar-refractivity contribution < 1.29 is 24.3 Å². The summed E-state index contributed by atoms with van der Waals surface area (Å²) in [6.45, 7) is -0.186. The molecule has 0 N–H and O–H groups in total. The summed E-state index contributed by atoms with van der Waals surface area (Å²) in [5, 5.41) is 9.00. The second kappa shape index (κ2) is 5.44. The van der Waals surface area contributed by atoms with Crippen LogP contribution >= 0.6 is 0 Å². The van der Waals surface area contributed by atoms with Crippen LogP contribution < -0.4 is 4.74 Å². The van der Waals surface area contributed by atoms with Gasteiger partial charge in [-0.1, -0.05) is 12.1 Å². The zero-order valence-electron chi connectivity index (χ0n) is 7.99. The van der Waals surface area contributed by atoms with Crippen molar-refractivity contribution in [2.24, 2.45) is 0 Å². The highest BCUT2D eigenvalue weighted by atomic mass is 16.9. The maximum Gasteiger partial charge on any atom is 0.376 e. The van der Waals surface area contributed by atoms with E-state index in [1.54, 1.807) is 0 Å². The lowest BCUT2D eigenvalue weighted by Gasteiger charge is -2.02. The van der Waals surface area contributed by atoms with Crippen LogP contribution in [0.2, 0.25) is 0 Å². The van der Waals surface area contributed by atoms with Gasteiger partial charge in [0.2, 0.25) is 6.29 Å². The molecule has 0 atom stereocenters. The molecule has 0 radical (unpaired) electrons. The van der Waals surface area contributed by atoms with Gasteiger partial charge in [0.25, 0.3) is 5.09 Å².